The summed E-state index contributed by atoms with van der Waals surface area (Å²) in [5.41, 5.74) is 1.10. The van der Waals surface area contributed by atoms with Crippen LogP contribution in [-0.2, 0) is 4.79 Å². The number of anilines is 2. The minimum absolute atomic E-state index is 0.149. The molecule has 3 nitrogen and oxygen atoms in total. The van der Waals surface area contributed by atoms with Gasteiger partial charge < -0.3 is 10.6 Å². The predicted molar refractivity (Wildman–Crippen MR) is 75.7 cm³/mol. The van der Waals surface area contributed by atoms with E-state index in [0.29, 0.717) is 23.3 Å². The first-order valence-electron chi connectivity index (χ1n) is 6.88. The highest BCUT2D eigenvalue weighted by Gasteiger charge is 2.19. The number of carbonyl (C=O) groups excluding carboxylic acids is 1. The molecule has 19 heavy (non-hydrogen) atoms. The fourth-order valence-corrected chi connectivity index (χ4v) is 2.70. The van der Waals surface area contributed by atoms with Gasteiger partial charge in [0.2, 0.25) is 5.91 Å². The van der Waals surface area contributed by atoms with E-state index in [1.165, 1.54) is 25.8 Å². The molecule has 1 aromatic carbocycles. The molecule has 2 unspecified atom stereocenters. The lowest BCUT2D eigenvalue weighted by molar-refractivity contribution is -0.114. The summed E-state index contributed by atoms with van der Waals surface area (Å²) in [4.78, 5) is 11.0. The van der Waals surface area contributed by atoms with E-state index in [-0.39, 0.29) is 11.7 Å². The van der Waals surface area contributed by atoms with Gasteiger partial charge in [0.1, 0.15) is 5.82 Å². The van der Waals surface area contributed by atoms with Gasteiger partial charge in [0, 0.05) is 18.7 Å². The first-order chi connectivity index (χ1) is 9.04. The smallest absolute Gasteiger partial charge is 0.221 e. The maximum Gasteiger partial charge on any atom is 0.221 e. The number of amides is 1. The van der Waals surface area contributed by atoms with Crippen LogP contribution in [0.5, 0.6) is 0 Å². The zero-order valence-corrected chi connectivity index (χ0v) is 11.5. The third kappa shape index (κ3) is 3.94. The maximum absolute atomic E-state index is 13.8. The molecular formula is C15H21FN2O. The highest BCUT2D eigenvalue weighted by Crippen LogP contribution is 2.28. The van der Waals surface area contributed by atoms with E-state index >= 15 is 0 Å². The van der Waals surface area contributed by atoms with Gasteiger partial charge in [-0.1, -0.05) is 19.8 Å². The second-order valence-electron chi connectivity index (χ2n) is 5.49. The van der Waals surface area contributed by atoms with Crippen LogP contribution in [0.1, 0.15) is 39.5 Å². The van der Waals surface area contributed by atoms with E-state index in [0.717, 1.165) is 12.8 Å². The standard InChI is InChI=1S/C15H21FN2O/c1-10-4-3-5-12(8-10)18-15-9-13(17-11(2)19)6-7-14(15)16/h6-7,9-10,12,18H,3-5,8H2,1-2H3,(H,17,19). The molecule has 1 fully saturated rings. The molecule has 0 heterocycles. The molecular weight excluding hydrogens is 243 g/mol. The van der Waals surface area contributed by atoms with Crippen LogP contribution in [0.2, 0.25) is 0 Å². The molecule has 4 heteroatoms. The fourth-order valence-electron chi connectivity index (χ4n) is 2.70. The van der Waals surface area contributed by atoms with Gasteiger partial charge in [-0.05, 0) is 37.0 Å². The predicted octanol–water partition coefficient (Wildman–Crippen LogP) is 3.77. The summed E-state index contributed by atoms with van der Waals surface area (Å²) in [6.45, 7) is 3.68. The van der Waals surface area contributed by atoms with Gasteiger partial charge in [0.05, 0.1) is 5.69 Å². The van der Waals surface area contributed by atoms with Crippen molar-refractivity contribution in [3.8, 4) is 0 Å². The van der Waals surface area contributed by atoms with Crippen LogP contribution < -0.4 is 10.6 Å². The van der Waals surface area contributed by atoms with Crippen LogP contribution in [0, 0.1) is 11.7 Å². The normalized spacial score (nSPS) is 22.9. The van der Waals surface area contributed by atoms with Crippen LogP contribution in [0.3, 0.4) is 0 Å². The quantitative estimate of drug-likeness (QED) is 0.872. The molecule has 0 spiro atoms. The third-order valence-corrected chi connectivity index (χ3v) is 3.58. The Balaban J connectivity index is 2.07. The highest BCUT2D eigenvalue weighted by atomic mass is 19.1. The number of nitrogens with one attached hydrogen (secondary N) is 2. The number of carbonyl (C=O) groups is 1. The van der Waals surface area contributed by atoms with Crippen LogP contribution in [0.4, 0.5) is 15.8 Å². The summed E-state index contributed by atoms with van der Waals surface area (Å²) in [5.74, 6) is 0.268. The summed E-state index contributed by atoms with van der Waals surface area (Å²) in [6.07, 6.45) is 4.59. The van der Waals surface area contributed by atoms with Crippen LogP contribution >= 0.6 is 0 Å². The van der Waals surface area contributed by atoms with Crippen molar-refractivity contribution in [3.63, 3.8) is 0 Å². The lowest BCUT2D eigenvalue weighted by Gasteiger charge is -2.28. The lowest BCUT2D eigenvalue weighted by atomic mass is 9.87. The van der Waals surface area contributed by atoms with Crippen molar-refractivity contribution in [2.75, 3.05) is 10.6 Å². The van der Waals surface area contributed by atoms with Crippen molar-refractivity contribution in [2.45, 2.75) is 45.6 Å². The van der Waals surface area contributed by atoms with E-state index in [2.05, 4.69) is 17.6 Å². The minimum Gasteiger partial charge on any atom is -0.380 e. The molecule has 1 aliphatic carbocycles. The van der Waals surface area contributed by atoms with Crippen molar-refractivity contribution in [1.29, 1.82) is 0 Å². The molecule has 1 saturated carbocycles. The van der Waals surface area contributed by atoms with E-state index in [1.54, 1.807) is 12.1 Å². The number of hydrogen-bond acceptors (Lipinski definition) is 2. The number of hydrogen-bond donors (Lipinski definition) is 2. The average Bonchev–Trinajstić information content (AvgIpc) is 2.33. The topological polar surface area (TPSA) is 41.1 Å². The molecule has 0 aromatic heterocycles. The van der Waals surface area contributed by atoms with Crippen LogP contribution in [-0.4, -0.2) is 11.9 Å². The molecule has 0 aliphatic heterocycles. The highest BCUT2D eigenvalue weighted by molar-refractivity contribution is 5.89. The average molecular weight is 264 g/mol. The summed E-state index contributed by atoms with van der Waals surface area (Å²) >= 11 is 0. The van der Waals surface area contributed by atoms with E-state index in [4.69, 9.17) is 0 Å². The third-order valence-electron chi connectivity index (χ3n) is 3.58. The molecule has 2 N–H and O–H groups in total. The summed E-state index contributed by atoms with van der Waals surface area (Å²) < 4.78 is 13.8. The Kier molecular flexibility index (Phi) is 4.40. The first kappa shape index (κ1) is 13.8. The largest absolute Gasteiger partial charge is 0.380 e. The van der Waals surface area contributed by atoms with Crippen molar-refractivity contribution in [1.82, 2.24) is 0 Å². The van der Waals surface area contributed by atoms with Crippen molar-refractivity contribution in [3.05, 3.63) is 24.0 Å². The molecule has 0 bridgehead atoms. The molecule has 1 aromatic rings. The molecule has 104 valence electrons. The molecule has 1 aliphatic rings. The van der Waals surface area contributed by atoms with Crippen molar-refractivity contribution >= 4 is 17.3 Å². The first-order valence-corrected chi connectivity index (χ1v) is 6.88. The van der Waals surface area contributed by atoms with Gasteiger partial charge in [-0.15, -0.1) is 0 Å². The zero-order valence-electron chi connectivity index (χ0n) is 11.5. The molecule has 0 radical (unpaired) electrons. The van der Waals surface area contributed by atoms with Gasteiger partial charge in [0.25, 0.3) is 0 Å². The fraction of sp³-hybridized carbons (Fsp3) is 0.533. The van der Waals surface area contributed by atoms with Gasteiger partial charge in [-0.3, -0.25) is 4.79 Å². The number of benzene rings is 1. The van der Waals surface area contributed by atoms with Gasteiger partial charge in [0.15, 0.2) is 0 Å². The Morgan fingerprint density at radius 2 is 2.16 bits per heavy atom. The Morgan fingerprint density at radius 1 is 1.37 bits per heavy atom. The van der Waals surface area contributed by atoms with Crippen molar-refractivity contribution < 1.29 is 9.18 Å². The van der Waals surface area contributed by atoms with Gasteiger partial charge >= 0.3 is 0 Å². The Hall–Kier alpha value is -1.58. The second-order valence-corrected chi connectivity index (χ2v) is 5.49. The van der Waals surface area contributed by atoms with E-state index in [9.17, 15) is 9.18 Å². The summed E-state index contributed by atoms with van der Waals surface area (Å²) in [7, 11) is 0. The van der Waals surface area contributed by atoms with Crippen LogP contribution in [0.15, 0.2) is 18.2 Å². The monoisotopic (exact) mass is 264 g/mol. The SMILES string of the molecule is CC(=O)Nc1ccc(F)c(NC2CCCC(C)C2)c1. The molecule has 2 rings (SSSR count). The summed E-state index contributed by atoms with van der Waals surface area (Å²) in [5, 5.41) is 5.94. The Labute approximate surface area is 113 Å². The van der Waals surface area contributed by atoms with E-state index < -0.39 is 0 Å². The van der Waals surface area contributed by atoms with Crippen molar-refractivity contribution in [2.24, 2.45) is 5.92 Å². The maximum atomic E-state index is 13.8. The molecule has 2 atom stereocenters. The number of halogens is 1. The zero-order chi connectivity index (χ0) is 13.8. The number of rotatable bonds is 3. The second kappa shape index (κ2) is 6.04. The summed E-state index contributed by atoms with van der Waals surface area (Å²) in [6, 6.07) is 4.95. The Morgan fingerprint density at radius 3 is 2.84 bits per heavy atom. The lowest BCUT2D eigenvalue weighted by Crippen LogP contribution is -2.26. The minimum atomic E-state index is -0.271. The van der Waals surface area contributed by atoms with Gasteiger partial charge in [-0.25, -0.2) is 4.39 Å². The molecule has 0 saturated heterocycles. The van der Waals surface area contributed by atoms with Crippen LogP contribution in [0.25, 0.3) is 0 Å². The van der Waals surface area contributed by atoms with E-state index in [1.807, 2.05) is 0 Å². The molecule has 1 amide bonds. The Bertz CT molecular complexity index is 461. The van der Waals surface area contributed by atoms with Gasteiger partial charge in [-0.2, -0.15) is 0 Å².